The number of halogens is 1. The van der Waals surface area contributed by atoms with Crippen LogP contribution in [0.2, 0.25) is 0 Å². The Kier molecular flexibility index (Phi) is 5.44. The van der Waals surface area contributed by atoms with Gasteiger partial charge in [0.15, 0.2) is 0 Å². The molecule has 4 nitrogen and oxygen atoms in total. The molecule has 0 aromatic rings. The molecule has 0 aromatic heterocycles. The summed E-state index contributed by atoms with van der Waals surface area (Å²) in [5, 5.41) is 3.33. The minimum absolute atomic E-state index is 0. The van der Waals surface area contributed by atoms with Crippen LogP contribution in [0.3, 0.4) is 0 Å². The Morgan fingerprint density at radius 1 is 1.39 bits per heavy atom. The van der Waals surface area contributed by atoms with Crippen LogP contribution in [-0.2, 0) is 9.53 Å². The van der Waals surface area contributed by atoms with Crippen LogP contribution in [0.4, 0.5) is 0 Å². The van der Waals surface area contributed by atoms with Gasteiger partial charge in [-0.25, -0.2) is 0 Å². The Labute approximate surface area is 116 Å². The normalized spacial score (nSPS) is 31.6. The molecule has 2 unspecified atom stereocenters. The number of carbonyl (C=O) groups excluding carboxylic acids is 1. The Balaban J connectivity index is 0.00000162. The topological polar surface area (TPSA) is 41.6 Å². The molecule has 2 saturated heterocycles. The predicted molar refractivity (Wildman–Crippen MR) is 74.1 cm³/mol. The van der Waals surface area contributed by atoms with Crippen molar-refractivity contribution in [2.75, 3.05) is 19.6 Å². The van der Waals surface area contributed by atoms with Gasteiger partial charge in [0.2, 0.25) is 5.91 Å². The number of ether oxygens (including phenoxy) is 1. The highest BCUT2D eigenvalue weighted by atomic mass is 35.5. The van der Waals surface area contributed by atoms with E-state index in [0.29, 0.717) is 6.54 Å². The van der Waals surface area contributed by atoms with Gasteiger partial charge < -0.3 is 15.0 Å². The first-order valence-electron chi connectivity index (χ1n) is 6.68. The van der Waals surface area contributed by atoms with Crippen LogP contribution in [0.1, 0.15) is 40.0 Å². The van der Waals surface area contributed by atoms with Gasteiger partial charge in [0, 0.05) is 13.1 Å². The van der Waals surface area contributed by atoms with Crippen LogP contribution in [-0.4, -0.2) is 48.2 Å². The molecule has 0 saturated carbocycles. The van der Waals surface area contributed by atoms with Crippen LogP contribution in [0, 0.1) is 0 Å². The van der Waals surface area contributed by atoms with Gasteiger partial charge in [-0.05, 0) is 40.2 Å². The monoisotopic (exact) mass is 276 g/mol. The van der Waals surface area contributed by atoms with Crippen LogP contribution < -0.4 is 5.32 Å². The maximum absolute atomic E-state index is 12.4. The molecular formula is C13H25ClN2O2. The molecule has 2 rings (SSSR count). The summed E-state index contributed by atoms with van der Waals surface area (Å²) in [6.45, 7) is 8.54. The lowest BCUT2D eigenvalue weighted by Gasteiger charge is -2.43. The first kappa shape index (κ1) is 15.7. The van der Waals surface area contributed by atoms with Gasteiger partial charge in [-0.2, -0.15) is 0 Å². The van der Waals surface area contributed by atoms with Gasteiger partial charge in [0.25, 0.3) is 0 Å². The number of nitrogens with zero attached hydrogens (tertiary/aromatic N) is 1. The smallest absolute Gasteiger partial charge is 0.239 e. The van der Waals surface area contributed by atoms with Crippen molar-refractivity contribution in [1.82, 2.24) is 10.2 Å². The van der Waals surface area contributed by atoms with Crippen molar-refractivity contribution in [1.29, 1.82) is 0 Å². The van der Waals surface area contributed by atoms with Crippen molar-refractivity contribution in [3.63, 3.8) is 0 Å². The van der Waals surface area contributed by atoms with Gasteiger partial charge in [-0.3, -0.25) is 4.79 Å². The summed E-state index contributed by atoms with van der Waals surface area (Å²) >= 11 is 0. The zero-order valence-electron chi connectivity index (χ0n) is 11.6. The number of hydrogen-bond donors (Lipinski definition) is 1. The quantitative estimate of drug-likeness (QED) is 0.791. The number of hydrogen-bond acceptors (Lipinski definition) is 3. The van der Waals surface area contributed by atoms with Crippen molar-refractivity contribution in [2.24, 2.45) is 0 Å². The zero-order chi connectivity index (χ0) is 12.5. The Morgan fingerprint density at radius 2 is 2.11 bits per heavy atom. The molecule has 0 aliphatic carbocycles. The molecule has 2 fully saturated rings. The standard InChI is InChI=1S/C13H24N2O2.ClH/c1-10-8-15(9-13(2,3)17-10)12(16)11-6-4-5-7-14-11;/h10-11,14H,4-9H2,1-3H3;1H. The second kappa shape index (κ2) is 6.22. The molecule has 0 spiro atoms. The van der Waals surface area contributed by atoms with Gasteiger partial charge in [0.1, 0.15) is 0 Å². The molecule has 0 aromatic carbocycles. The number of rotatable bonds is 1. The molecule has 2 heterocycles. The first-order valence-corrected chi connectivity index (χ1v) is 6.68. The fourth-order valence-corrected chi connectivity index (χ4v) is 2.90. The fraction of sp³-hybridized carbons (Fsp3) is 0.923. The van der Waals surface area contributed by atoms with Crippen molar-refractivity contribution in [3.8, 4) is 0 Å². The molecule has 0 radical (unpaired) electrons. The summed E-state index contributed by atoms with van der Waals surface area (Å²) < 4.78 is 5.83. The van der Waals surface area contributed by atoms with E-state index < -0.39 is 0 Å². The molecule has 106 valence electrons. The summed E-state index contributed by atoms with van der Waals surface area (Å²) in [6.07, 6.45) is 3.46. The van der Waals surface area contributed by atoms with Crippen LogP contribution in [0.5, 0.6) is 0 Å². The maximum atomic E-state index is 12.4. The SMILES string of the molecule is CC1CN(C(=O)C2CCCCN2)CC(C)(C)O1.Cl. The maximum Gasteiger partial charge on any atom is 0.239 e. The van der Waals surface area contributed by atoms with Crippen molar-refractivity contribution in [2.45, 2.75) is 57.8 Å². The largest absolute Gasteiger partial charge is 0.369 e. The van der Waals surface area contributed by atoms with Gasteiger partial charge in [0.05, 0.1) is 17.7 Å². The van der Waals surface area contributed by atoms with Crippen LogP contribution in [0.25, 0.3) is 0 Å². The number of morpholine rings is 1. The third kappa shape index (κ3) is 3.84. The predicted octanol–water partition coefficient (Wildman–Crippen LogP) is 1.58. The minimum atomic E-state index is -0.220. The van der Waals surface area contributed by atoms with Crippen LogP contribution in [0.15, 0.2) is 0 Å². The number of piperidine rings is 1. The van der Waals surface area contributed by atoms with Gasteiger partial charge in [-0.15, -0.1) is 12.4 Å². The first-order chi connectivity index (χ1) is 7.98. The molecule has 2 aliphatic rings. The average molecular weight is 277 g/mol. The molecule has 1 N–H and O–H groups in total. The molecule has 2 atom stereocenters. The van der Waals surface area contributed by atoms with E-state index in [9.17, 15) is 4.79 Å². The summed E-state index contributed by atoms with van der Waals surface area (Å²) in [5.74, 6) is 0.257. The highest BCUT2D eigenvalue weighted by Crippen LogP contribution is 2.22. The third-order valence-corrected chi connectivity index (χ3v) is 3.49. The highest BCUT2D eigenvalue weighted by molar-refractivity contribution is 5.85. The third-order valence-electron chi connectivity index (χ3n) is 3.49. The fourth-order valence-electron chi connectivity index (χ4n) is 2.90. The lowest BCUT2D eigenvalue weighted by Crippen LogP contribution is -2.58. The Bertz CT molecular complexity index is 291. The zero-order valence-corrected chi connectivity index (χ0v) is 12.4. The molecule has 5 heteroatoms. The van der Waals surface area contributed by atoms with E-state index in [1.54, 1.807) is 0 Å². The lowest BCUT2D eigenvalue weighted by molar-refractivity contribution is -0.160. The summed E-state index contributed by atoms with van der Waals surface area (Å²) in [7, 11) is 0. The molecule has 1 amide bonds. The Hall–Kier alpha value is -0.320. The average Bonchev–Trinajstić information content (AvgIpc) is 2.26. The van der Waals surface area contributed by atoms with Crippen LogP contribution >= 0.6 is 12.4 Å². The summed E-state index contributed by atoms with van der Waals surface area (Å²) in [5.41, 5.74) is -0.220. The second-order valence-electron chi connectivity index (χ2n) is 5.91. The summed E-state index contributed by atoms with van der Waals surface area (Å²) in [6, 6.07) is 0.0323. The van der Waals surface area contributed by atoms with E-state index in [-0.39, 0.29) is 36.1 Å². The highest BCUT2D eigenvalue weighted by Gasteiger charge is 2.36. The lowest BCUT2D eigenvalue weighted by atomic mass is 10.0. The van der Waals surface area contributed by atoms with Gasteiger partial charge >= 0.3 is 0 Å². The van der Waals surface area contributed by atoms with Crippen molar-refractivity contribution < 1.29 is 9.53 Å². The Morgan fingerprint density at radius 3 is 2.67 bits per heavy atom. The minimum Gasteiger partial charge on any atom is -0.369 e. The number of nitrogens with one attached hydrogen (secondary N) is 1. The van der Waals surface area contributed by atoms with E-state index in [0.717, 1.165) is 25.9 Å². The second-order valence-corrected chi connectivity index (χ2v) is 5.91. The van der Waals surface area contributed by atoms with Gasteiger partial charge in [-0.1, -0.05) is 6.42 Å². The molecule has 0 bridgehead atoms. The van der Waals surface area contributed by atoms with E-state index in [4.69, 9.17) is 4.74 Å². The molecular weight excluding hydrogens is 252 g/mol. The molecule has 2 aliphatic heterocycles. The van der Waals surface area contributed by atoms with E-state index in [2.05, 4.69) is 19.2 Å². The van der Waals surface area contributed by atoms with Crippen molar-refractivity contribution >= 4 is 18.3 Å². The van der Waals surface area contributed by atoms with E-state index in [1.807, 2.05) is 11.8 Å². The number of amides is 1. The number of carbonyl (C=O) groups is 1. The van der Waals surface area contributed by atoms with E-state index in [1.165, 1.54) is 6.42 Å². The molecule has 18 heavy (non-hydrogen) atoms. The van der Waals surface area contributed by atoms with E-state index >= 15 is 0 Å². The summed E-state index contributed by atoms with van der Waals surface area (Å²) in [4.78, 5) is 14.4. The van der Waals surface area contributed by atoms with Crippen molar-refractivity contribution in [3.05, 3.63) is 0 Å².